The van der Waals surface area contributed by atoms with Crippen LogP contribution in [0.4, 0.5) is 5.69 Å². The number of hydrogen-bond acceptors (Lipinski definition) is 6. The maximum atomic E-state index is 12.7. The van der Waals surface area contributed by atoms with Gasteiger partial charge in [-0.1, -0.05) is 17.8 Å². The monoisotopic (exact) mass is 319 g/mol. The van der Waals surface area contributed by atoms with Crippen molar-refractivity contribution in [2.45, 2.75) is 29.8 Å². The predicted molar refractivity (Wildman–Crippen MR) is 82.5 cm³/mol. The molecular weight excluding hydrogens is 302 g/mol. The van der Waals surface area contributed by atoms with Gasteiger partial charge in [0.25, 0.3) is 0 Å². The molecule has 0 aromatic carbocycles. The van der Waals surface area contributed by atoms with Crippen LogP contribution in [0.2, 0.25) is 0 Å². The molecule has 0 spiro atoms. The third-order valence-corrected chi connectivity index (χ3v) is 4.67. The minimum Gasteiger partial charge on any atom is -0.309 e. The summed E-state index contributed by atoms with van der Waals surface area (Å²) in [5, 5.41) is 16.2. The van der Waals surface area contributed by atoms with Gasteiger partial charge in [0.2, 0.25) is 11.1 Å². The lowest BCUT2D eigenvalue weighted by molar-refractivity contribution is -0.119. The number of hydrogen-bond donors (Lipinski definition) is 0. The molecule has 0 bridgehead atoms. The van der Waals surface area contributed by atoms with Gasteiger partial charge in [0.15, 0.2) is 0 Å². The number of aromatic nitrogens is 6. The van der Waals surface area contributed by atoms with Crippen LogP contribution in [0.25, 0.3) is 0 Å². The Morgan fingerprint density at radius 2 is 2.41 bits per heavy atom. The average Bonchev–Trinajstić information content (AvgIpc) is 3.11. The zero-order valence-electron chi connectivity index (χ0n) is 12.3. The van der Waals surface area contributed by atoms with Crippen molar-refractivity contribution in [3.05, 3.63) is 25.0 Å². The molecule has 1 aliphatic rings. The number of aryl methyl sites for hydroxylation is 1. The van der Waals surface area contributed by atoms with E-state index in [9.17, 15) is 4.79 Å². The molecule has 8 nitrogen and oxygen atoms in total. The molecule has 3 rings (SSSR count). The van der Waals surface area contributed by atoms with E-state index >= 15 is 0 Å². The van der Waals surface area contributed by atoms with Gasteiger partial charge in [-0.3, -0.25) is 9.48 Å². The summed E-state index contributed by atoms with van der Waals surface area (Å²) in [6, 6.07) is 0. The number of rotatable bonds is 5. The number of nitrogens with zero attached hydrogens (tertiary/aromatic N) is 7. The minimum atomic E-state index is -0.177. The van der Waals surface area contributed by atoms with Gasteiger partial charge < -0.3 is 4.90 Å². The number of amides is 1. The number of thioether (sulfide) groups is 1. The number of piperidine rings is 1. The SMILES string of the molecule is C=CCn1nnnc1S[C@H]1CCCN(c2cnn(C)c2)C1=O. The Morgan fingerprint density at radius 3 is 3.14 bits per heavy atom. The Labute approximate surface area is 132 Å². The van der Waals surface area contributed by atoms with Crippen LogP contribution in [0.15, 0.2) is 30.2 Å². The van der Waals surface area contributed by atoms with E-state index in [1.165, 1.54) is 11.8 Å². The minimum absolute atomic E-state index is 0.0809. The largest absolute Gasteiger partial charge is 0.309 e. The fraction of sp³-hybridized carbons (Fsp3) is 0.462. The molecule has 2 aromatic heterocycles. The average molecular weight is 319 g/mol. The van der Waals surface area contributed by atoms with Gasteiger partial charge in [-0.2, -0.15) is 5.10 Å². The highest BCUT2D eigenvalue weighted by atomic mass is 32.2. The summed E-state index contributed by atoms with van der Waals surface area (Å²) in [5.74, 6) is 0.0809. The maximum absolute atomic E-state index is 12.7. The molecule has 0 N–H and O–H groups in total. The molecule has 1 aliphatic heterocycles. The van der Waals surface area contributed by atoms with Crippen molar-refractivity contribution < 1.29 is 4.79 Å². The van der Waals surface area contributed by atoms with Crippen LogP contribution in [0.1, 0.15) is 12.8 Å². The Kier molecular flexibility index (Phi) is 4.23. The van der Waals surface area contributed by atoms with Gasteiger partial charge in [-0.25, -0.2) is 4.68 Å². The van der Waals surface area contributed by atoms with Gasteiger partial charge >= 0.3 is 0 Å². The Hall–Kier alpha value is -2.16. The van der Waals surface area contributed by atoms with Crippen molar-refractivity contribution in [1.82, 2.24) is 30.0 Å². The van der Waals surface area contributed by atoms with E-state index < -0.39 is 0 Å². The molecule has 1 saturated heterocycles. The highest BCUT2D eigenvalue weighted by molar-refractivity contribution is 8.00. The summed E-state index contributed by atoms with van der Waals surface area (Å²) < 4.78 is 3.35. The zero-order chi connectivity index (χ0) is 15.5. The lowest BCUT2D eigenvalue weighted by Gasteiger charge is -2.30. The number of carbonyl (C=O) groups is 1. The van der Waals surface area contributed by atoms with E-state index in [0.29, 0.717) is 11.7 Å². The van der Waals surface area contributed by atoms with Crippen molar-refractivity contribution in [2.24, 2.45) is 7.05 Å². The number of allylic oxidation sites excluding steroid dienone is 1. The summed E-state index contributed by atoms with van der Waals surface area (Å²) in [7, 11) is 1.84. The van der Waals surface area contributed by atoms with Crippen molar-refractivity contribution in [2.75, 3.05) is 11.4 Å². The Bertz CT molecular complexity index is 679. The second-order valence-electron chi connectivity index (χ2n) is 5.04. The van der Waals surface area contributed by atoms with Gasteiger partial charge in [0.1, 0.15) is 0 Å². The van der Waals surface area contributed by atoms with Crippen molar-refractivity contribution >= 4 is 23.4 Å². The molecule has 22 heavy (non-hydrogen) atoms. The molecular formula is C13H17N7OS. The van der Waals surface area contributed by atoms with Gasteiger partial charge in [-0.15, -0.1) is 11.7 Å². The van der Waals surface area contributed by atoms with Crippen molar-refractivity contribution in [3.8, 4) is 0 Å². The van der Waals surface area contributed by atoms with E-state index in [2.05, 4.69) is 27.2 Å². The fourth-order valence-corrected chi connectivity index (χ4v) is 3.48. The number of tetrazole rings is 1. The number of anilines is 1. The highest BCUT2D eigenvalue weighted by Gasteiger charge is 2.32. The summed E-state index contributed by atoms with van der Waals surface area (Å²) in [5.41, 5.74) is 0.837. The Morgan fingerprint density at radius 1 is 1.55 bits per heavy atom. The molecule has 1 fully saturated rings. The molecule has 116 valence electrons. The van der Waals surface area contributed by atoms with Crippen LogP contribution < -0.4 is 4.90 Å². The molecule has 0 saturated carbocycles. The second kappa shape index (κ2) is 6.30. The van der Waals surface area contributed by atoms with E-state index in [4.69, 9.17) is 0 Å². The predicted octanol–water partition coefficient (Wildman–Crippen LogP) is 0.880. The quantitative estimate of drug-likeness (QED) is 0.761. The molecule has 1 amide bonds. The molecule has 3 heterocycles. The van der Waals surface area contributed by atoms with Crippen LogP contribution in [0.5, 0.6) is 0 Å². The zero-order valence-corrected chi connectivity index (χ0v) is 13.1. The normalized spacial score (nSPS) is 18.7. The third kappa shape index (κ3) is 2.89. The molecule has 0 unspecified atom stereocenters. The lowest BCUT2D eigenvalue weighted by atomic mass is 10.1. The highest BCUT2D eigenvalue weighted by Crippen LogP contribution is 2.31. The topological polar surface area (TPSA) is 81.7 Å². The van der Waals surface area contributed by atoms with E-state index in [0.717, 1.165) is 25.1 Å². The second-order valence-corrected chi connectivity index (χ2v) is 6.21. The first-order valence-corrected chi connectivity index (χ1v) is 7.90. The molecule has 9 heteroatoms. The van der Waals surface area contributed by atoms with Crippen LogP contribution in [-0.2, 0) is 18.4 Å². The third-order valence-electron chi connectivity index (χ3n) is 3.44. The van der Waals surface area contributed by atoms with Gasteiger partial charge in [0.05, 0.1) is 23.7 Å². The van der Waals surface area contributed by atoms with E-state index in [-0.39, 0.29) is 11.2 Å². The van der Waals surface area contributed by atoms with Crippen molar-refractivity contribution in [1.29, 1.82) is 0 Å². The number of carbonyl (C=O) groups excluding carboxylic acids is 1. The lowest BCUT2D eigenvalue weighted by Crippen LogP contribution is -2.43. The van der Waals surface area contributed by atoms with Crippen LogP contribution >= 0.6 is 11.8 Å². The smallest absolute Gasteiger partial charge is 0.240 e. The molecule has 0 radical (unpaired) electrons. The first kappa shape index (κ1) is 14.8. The summed E-state index contributed by atoms with van der Waals surface area (Å²) in [6.45, 7) is 4.93. The molecule has 1 atom stereocenters. The maximum Gasteiger partial charge on any atom is 0.240 e. The van der Waals surface area contributed by atoms with Crippen molar-refractivity contribution in [3.63, 3.8) is 0 Å². The first-order valence-electron chi connectivity index (χ1n) is 7.03. The van der Waals surface area contributed by atoms with Crippen LogP contribution in [-0.4, -0.2) is 47.7 Å². The van der Waals surface area contributed by atoms with E-state index in [1.807, 2.05) is 13.2 Å². The van der Waals surface area contributed by atoms with Gasteiger partial charge in [0, 0.05) is 19.8 Å². The molecule has 2 aromatic rings. The van der Waals surface area contributed by atoms with E-state index in [1.54, 1.807) is 26.5 Å². The summed E-state index contributed by atoms with van der Waals surface area (Å²) >= 11 is 1.41. The standard InChI is InChI=1S/C13H17N7OS/c1-3-6-20-13(15-16-17-20)22-11-5-4-7-19(12(11)21)10-8-14-18(2)9-10/h3,8-9,11H,1,4-7H2,2H3/t11-/m0/s1. The van der Waals surface area contributed by atoms with Crippen LogP contribution in [0.3, 0.4) is 0 Å². The Balaban J connectivity index is 1.75. The first-order chi connectivity index (χ1) is 10.7. The summed E-state index contributed by atoms with van der Waals surface area (Å²) in [6.07, 6.45) is 7.06. The fourth-order valence-electron chi connectivity index (χ4n) is 2.40. The van der Waals surface area contributed by atoms with Crippen LogP contribution in [0, 0.1) is 0 Å². The van der Waals surface area contributed by atoms with Gasteiger partial charge in [-0.05, 0) is 23.3 Å². The summed E-state index contributed by atoms with van der Waals surface area (Å²) in [4.78, 5) is 14.5. The molecule has 0 aliphatic carbocycles.